The number of hydrogen-bond donors (Lipinski definition) is 3. The molecule has 0 spiro atoms. The minimum atomic E-state index is 0.230. The molecule has 0 saturated carbocycles. The first-order chi connectivity index (χ1) is 32.4. The minimum Gasteiger partial charge on any atom is -0.508 e. The van der Waals surface area contributed by atoms with Crippen molar-refractivity contribution in [2.75, 3.05) is 59.8 Å². The number of nitrogens with zero attached hydrogens (tertiary/aromatic N) is 11. The zero-order chi connectivity index (χ0) is 44.8. The highest BCUT2D eigenvalue weighted by atomic mass is 16.5. The molecular weight excluding hydrogens is 827 g/mol. The lowest BCUT2D eigenvalue weighted by Crippen LogP contribution is -2.33. The van der Waals surface area contributed by atoms with Crippen LogP contribution in [0.5, 0.6) is 11.5 Å². The summed E-state index contributed by atoms with van der Waals surface area (Å²) in [6.45, 7) is 10.7. The molecule has 11 rings (SSSR count). The number of hydrogen-bond acceptors (Lipinski definition) is 13. The largest absolute Gasteiger partial charge is 0.508 e. The highest BCUT2D eigenvalue weighted by molar-refractivity contribution is 5.78. The van der Waals surface area contributed by atoms with Crippen LogP contribution in [0.3, 0.4) is 0 Å². The van der Waals surface area contributed by atoms with E-state index in [0.29, 0.717) is 12.1 Å². The van der Waals surface area contributed by atoms with Crippen molar-refractivity contribution in [2.24, 2.45) is 0 Å². The summed E-state index contributed by atoms with van der Waals surface area (Å²) in [6, 6.07) is 32.4. The number of rotatable bonds is 12. The molecule has 0 radical (unpaired) electrons. The zero-order valence-corrected chi connectivity index (χ0v) is 37.7. The van der Waals surface area contributed by atoms with E-state index in [2.05, 4.69) is 84.6 Å². The van der Waals surface area contributed by atoms with Crippen molar-refractivity contribution in [3.05, 3.63) is 122 Å². The van der Waals surface area contributed by atoms with E-state index in [1.165, 1.54) is 58.0 Å². The van der Waals surface area contributed by atoms with Gasteiger partial charge in [0.05, 0.1) is 22.8 Å². The van der Waals surface area contributed by atoms with Crippen molar-refractivity contribution in [1.29, 1.82) is 0 Å². The van der Waals surface area contributed by atoms with Gasteiger partial charge in [-0.2, -0.15) is 10.2 Å². The number of piperidine rings is 1. The van der Waals surface area contributed by atoms with E-state index in [4.69, 9.17) is 19.8 Å². The average molecular weight is 884 g/mol. The number of imidazole rings is 2. The van der Waals surface area contributed by atoms with Crippen molar-refractivity contribution in [2.45, 2.75) is 70.9 Å². The van der Waals surface area contributed by atoms with Gasteiger partial charge < -0.3 is 30.3 Å². The maximum atomic E-state index is 9.57. The molecule has 6 aromatic heterocycles. The summed E-state index contributed by atoms with van der Waals surface area (Å²) in [5.74, 6) is 4.70. The molecule has 15 nitrogen and oxygen atoms in total. The van der Waals surface area contributed by atoms with E-state index in [-0.39, 0.29) is 5.75 Å². The van der Waals surface area contributed by atoms with E-state index in [9.17, 15) is 5.11 Å². The third kappa shape index (κ3) is 9.71. The van der Waals surface area contributed by atoms with Crippen LogP contribution in [0.2, 0.25) is 0 Å². The van der Waals surface area contributed by atoms with Gasteiger partial charge in [-0.25, -0.2) is 29.0 Å². The molecule has 3 fully saturated rings. The smallest absolute Gasteiger partial charge is 0.177 e. The topological polar surface area (TPSA) is 149 Å². The number of benzene rings is 2. The highest BCUT2D eigenvalue weighted by Crippen LogP contribution is 2.31. The first kappa shape index (κ1) is 42.7. The standard InChI is InChI=1S/C29H35N7O.C22H22N6O/c1-22-7-6-17-35(22)28-9-5-8-27(32-28)31-26-21-25(33-36-18-14-30-29(26)36)23-10-12-24(13-11-23)37-20-19-34-15-3-2-4-16-34;1-15-4-3-12-27(15)21-6-2-5-20(25-21)24-19-14-18(16-7-9-17(29)10-8-16)26-28-13-11-23-22(19)28/h5,8-14,18,21-22H,2-4,6-7,15-17,19-20H2,1H3,(H,31,32);2,5-11,13-15,29H,3-4,12H2,1H3,(H,24,25). The van der Waals surface area contributed by atoms with Gasteiger partial charge in [0.15, 0.2) is 11.3 Å². The molecule has 66 heavy (non-hydrogen) atoms. The Morgan fingerprint density at radius 3 is 1.62 bits per heavy atom. The number of phenolic OH excluding ortho intramolecular Hbond substituents is 1. The summed E-state index contributed by atoms with van der Waals surface area (Å²) in [5, 5.41) is 25.9. The predicted molar refractivity (Wildman–Crippen MR) is 261 cm³/mol. The van der Waals surface area contributed by atoms with Gasteiger partial charge in [-0.05, 0) is 150 Å². The van der Waals surface area contributed by atoms with E-state index in [0.717, 1.165) is 100 Å². The molecule has 3 N–H and O–H groups in total. The van der Waals surface area contributed by atoms with E-state index >= 15 is 0 Å². The molecule has 338 valence electrons. The van der Waals surface area contributed by atoms with Crippen LogP contribution < -0.4 is 25.2 Å². The van der Waals surface area contributed by atoms with Crippen LogP contribution in [0.4, 0.5) is 34.6 Å². The number of anilines is 6. The second kappa shape index (κ2) is 19.5. The van der Waals surface area contributed by atoms with Crippen molar-refractivity contribution < 1.29 is 9.84 Å². The van der Waals surface area contributed by atoms with Crippen LogP contribution in [0.1, 0.15) is 58.8 Å². The van der Waals surface area contributed by atoms with Gasteiger partial charge in [-0.1, -0.05) is 18.6 Å². The summed E-state index contributed by atoms with van der Waals surface area (Å²) in [7, 11) is 0. The number of phenols is 1. The van der Waals surface area contributed by atoms with E-state index in [1.54, 1.807) is 29.0 Å². The zero-order valence-electron chi connectivity index (χ0n) is 37.7. The number of fused-ring (bicyclic) bond motifs is 2. The Balaban J connectivity index is 0.000000160. The highest BCUT2D eigenvalue weighted by Gasteiger charge is 2.23. The summed E-state index contributed by atoms with van der Waals surface area (Å²) >= 11 is 0. The van der Waals surface area contributed by atoms with Crippen molar-refractivity contribution in [3.63, 3.8) is 0 Å². The van der Waals surface area contributed by atoms with Crippen LogP contribution >= 0.6 is 0 Å². The normalized spacial score (nSPS) is 17.5. The fraction of sp³-hybridized carbons (Fsp3) is 0.333. The maximum absolute atomic E-state index is 9.57. The van der Waals surface area contributed by atoms with Gasteiger partial charge in [-0.15, -0.1) is 0 Å². The third-order valence-corrected chi connectivity index (χ3v) is 12.8. The first-order valence-corrected chi connectivity index (χ1v) is 23.4. The maximum Gasteiger partial charge on any atom is 0.177 e. The first-order valence-electron chi connectivity index (χ1n) is 23.4. The lowest BCUT2D eigenvalue weighted by Gasteiger charge is -2.26. The number of likely N-dealkylation sites (tertiary alicyclic amines) is 1. The molecule has 2 atom stereocenters. The number of nitrogens with one attached hydrogen (secondary N) is 2. The van der Waals surface area contributed by atoms with Crippen molar-refractivity contribution in [3.8, 4) is 34.0 Å². The van der Waals surface area contributed by atoms with Gasteiger partial charge in [0, 0.05) is 67.6 Å². The van der Waals surface area contributed by atoms with Crippen LogP contribution in [-0.2, 0) is 0 Å². The van der Waals surface area contributed by atoms with Gasteiger partial charge in [0.25, 0.3) is 0 Å². The second-order valence-electron chi connectivity index (χ2n) is 17.5. The quantitative estimate of drug-likeness (QED) is 0.107. The average Bonchev–Trinajstić information content (AvgIpc) is 4.19. The molecule has 9 heterocycles. The number of aromatic nitrogens is 8. The van der Waals surface area contributed by atoms with Crippen LogP contribution in [0.15, 0.2) is 122 Å². The number of ether oxygens (including phenoxy) is 1. The summed E-state index contributed by atoms with van der Waals surface area (Å²) in [6.07, 6.45) is 16.0. The summed E-state index contributed by atoms with van der Waals surface area (Å²) in [4.78, 5) is 25.9. The fourth-order valence-electron chi connectivity index (χ4n) is 9.26. The molecule has 2 unspecified atom stereocenters. The van der Waals surface area contributed by atoms with E-state index < -0.39 is 0 Å². The minimum absolute atomic E-state index is 0.230. The lowest BCUT2D eigenvalue weighted by atomic mass is 10.1. The molecule has 3 aliphatic heterocycles. The Morgan fingerprint density at radius 1 is 0.606 bits per heavy atom. The molecule has 0 aliphatic carbocycles. The van der Waals surface area contributed by atoms with Crippen LogP contribution in [0, 0.1) is 0 Å². The van der Waals surface area contributed by atoms with E-state index in [1.807, 2.05) is 71.5 Å². The molecule has 3 aliphatic rings. The van der Waals surface area contributed by atoms with Gasteiger partial charge in [0.2, 0.25) is 0 Å². The molecular formula is C51H57N13O2. The van der Waals surface area contributed by atoms with Gasteiger partial charge in [0.1, 0.15) is 41.4 Å². The van der Waals surface area contributed by atoms with Gasteiger partial charge >= 0.3 is 0 Å². The number of aromatic hydroxyl groups is 1. The second-order valence-corrected chi connectivity index (χ2v) is 17.5. The molecule has 3 saturated heterocycles. The number of pyridine rings is 2. The predicted octanol–water partition coefficient (Wildman–Crippen LogP) is 9.62. The molecule has 15 heteroatoms. The van der Waals surface area contributed by atoms with Crippen molar-refractivity contribution >= 4 is 45.9 Å². The molecule has 2 aromatic carbocycles. The molecule has 0 amide bonds. The van der Waals surface area contributed by atoms with Crippen LogP contribution in [0.25, 0.3) is 33.8 Å². The molecule has 8 aromatic rings. The van der Waals surface area contributed by atoms with Gasteiger partial charge in [-0.3, -0.25) is 4.90 Å². The van der Waals surface area contributed by atoms with Crippen molar-refractivity contribution in [1.82, 2.24) is 44.1 Å². The fourth-order valence-corrected chi connectivity index (χ4v) is 9.26. The Morgan fingerprint density at radius 2 is 1.12 bits per heavy atom. The summed E-state index contributed by atoms with van der Waals surface area (Å²) < 4.78 is 9.58. The Labute approximate surface area is 385 Å². The Bertz CT molecular complexity index is 2870. The SMILES string of the molecule is CC1CCCN1c1cccc(Nc2cc(-c3ccc(O)cc3)nn3ccnc23)n1.CC1CCCN1c1cccc(Nc2cc(-c3ccc(OCCN4CCCCC4)cc3)nn3ccnc23)n1. The Hall–Kier alpha value is -7.26. The third-order valence-electron chi connectivity index (χ3n) is 12.8. The summed E-state index contributed by atoms with van der Waals surface area (Å²) in [5.41, 5.74) is 6.77. The monoisotopic (exact) mass is 883 g/mol. The van der Waals surface area contributed by atoms with Crippen LogP contribution in [-0.4, -0.2) is 101 Å². The lowest BCUT2D eigenvalue weighted by molar-refractivity contribution is 0.183. The molecule has 0 bridgehead atoms. The Kier molecular flexibility index (Phi) is 12.6.